The van der Waals surface area contributed by atoms with Gasteiger partial charge in [0.15, 0.2) is 0 Å². The predicted molar refractivity (Wildman–Crippen MR) is 99.3 cm³/mol. The lowest BCUT2D eigenvalue weighted by Crippen LogP contribution is -2.27. The number of fused-ring (bicyclic) bond motifs is 1. The van der Waals surface area contributed by atoms with Gasteiger partial charge in [0.1, 0.15) is 11.5 Å². The van der Waals surface area contributed by atoms with E-state index in [2.05, 4.69) is 16.9 Å². The molecular formula is C19H19FN4O3. The Kier molecular flexibility index (Phi) is 5.46. The van der Waals surface area contributed by atoms with Gasteiger partial charge in [-0.3, -0.25) is 18.6 Å². The van der Waals surface area contributed by atoms with Gasteiger partial charge in [0.05, 0.1) is 12.3 Å². The van der Waals surface area contributed by atoms with Crippen molar-refractivity contribution in [3.63, 3.8) is 0 Å². The van der Waals surface area contributed by atoms with Crippen LogP contribution in [0.3, 0.4) is 0 Å². The summed E-state index contributed by atoms with van der Waals surface area (Å²) >= 11 is 0. The van der Waals surface area contributed by atoms with Crippen molar-refractivity contribution in [1.29, 1.82) is 0 Å². The van der Waals surface area contributed by atoms with Crippen LogP contribution in [0, 0.1) is 5.82 Å². The SMILES string of the molecule is C=CCn1c(-c2ccc(F)cc2)cn2cc(C(=O)NCCOC)nc2c1=O. The van der Waals surface area contributed by atoms with E-state index in [4.69, 9.17) is 4.74 Å². The highest BCUT2D eigenvalue weighted by Crippen LogP contribution is 2.19. The average molecular weight is 370 g/mol. The van der Waals surface area contributed by atoms with E-state index in [1.54, 1.807) is 24.4 Å². The van der Waals surface area contributed by atoms with E-state index in [9.17, 15) is 14.0 Å². The van der Waals surface area contributed by atoms with E-state index in [0.717, 1.165) is 0 Å². The molecule has 0 atom stereocenters. The van der Waals surface area contributed by atoms with E-state index >= 15 is 0 Å². The topological polar surface area (TPSA) is 77.6 Å². The molecule has 0 spiro atoms. The summed E-state index contributed by atoms with van der Waals surface area (Å²) in [5, 5.41) is 2.67. The molecule has 7 nitrogen and oxygen atoms in total. The molecule has 1 aromatic carbocycles. The van der Waals surface area contributed by atoms with Crippen LogP contribution in [0.25, 0.3) is 16.9 Å². The second-order valence-electron chi connectivity index (χ2n) is 5.83. The highest BCUT2D eigenvalue weighted by atomic mass is 19.1. The number of halogens is 1. The number of imidazole rings is 1. The van der Waals surface area contributed by atoms with E-state index in [1.807, 2.05) is 0 Å². The van der Waals surface area contributed by atoms with Crippen molar-refractivity contribution < 1.29 is 13.9 Å². The van der Waals surface area contributed by atoms with Crippen LogP contribution < -0.4 is 10.9 Å². The second kappa shape index (κ2) is 7.96. The molecule has 0 saturated heterocycles. The van der Waals surface area contributed by atoms with E-state index in [0.29, 0.717) is 24.4 Å². The largest absolute Gasteiger partial charge is 0.383 e. The lowest BCUT2D eigenvalue weighted by atomic mass is 10.1. The Morgan fingerprint density at radius 1 is 1.33 bits per heavy atom. The Hall–Kier alpha value is -3.26. The zero-order chi connectivity index (χ0) is 19.4. The molecule has 0 aliphatic rings. The number of benzene rings is 1. The fourth-order valence-electron chi connectivity index (χ4n) is 2.71. The van der Waals surface area contributed by atoms with Gasteiger partial charge in [-0.1, -0.05) is 6.08 Å². The van der Waals surface area contributed by atoms with Gasteiger partial charge in [-0.05, 0) is 29.8 Å². The average Bonchev–Trinajstić information content (AvgIpc) is 3.09. The molecule has 0 unspecified atom stereocenters. The van der Waals surface area contributed by atoms with Crippen molar-refractivity contribution in [3.05, 3.63) is 71.2 Å². The van der Waals surface area contributed by atoms with Crippen LogP contribution in [0.1, 0.15) is 10.5 Å². The molecule has 3 rings (SSSR count). The molecule has 140 valence electrons. The minimum absolute atomic E-state index is 0.125. The van der Waals surface area contributed by atoms with E-state index in [-0.39, 0.29) is 29.3 Å². The van der Waals surface area contributed by atoms with Gasteiger partial charge in [-0.15, -0.1) is 6.58 Å². The summed E-state index contributed by atoms with van der Waals surface area (Å²) in [6, 6.07) is 5.82. The van der Waals surface area contributed by atoms with Crippen LogP contribution in [0.4, 0.5) is 4.39 Å². The maximum atomic E-state index is 13.2. The third-order valence-corrected chi connectivity index (χ3v) is 4.00. The number of aromatic nitrogens is 3. The standard InChI is InChI=1S/C19H19FN4O3/c1-3-9-24-16(13-4-6-14(20)7-5-13)12-23-11-15(22-17(23)19(24)26)18(25)21-8-10-27-2/h3-7,11-12H,1,8-10H2,2H3,(H,21,25). The molecule has 2 aromatic heterocycles. The number of nitrogens with zero attached hydrogens (tertiary/aromatic N) is 3. The Bertz CT molecular complexity index is 1040. The first kappa shape index (κ1) is 18.5. The Balaban J connectivity index is 2.09. The number of hydrogen-bond donors (Lipinski definition) is 1. The third kappa shape index (κ3) is 3.80. The summed E-state index contributed by atoms with van der Waals surface area (Å²) in [5.41, 5.74) is 1.12. The quantitative estimate of drug-likeness (QED) is 0.509. The third-order valence-electron chi connectivity index (χ3n) is 4.00. The zero-order valence-electron chi connectivity index (χ0n) is 14.8. The van der Waals surface area contributed by atoms with Crippen LogP contribution in [-0.4, -0.2) is 40.1 Å². The monoisotopic (exact) mass is 370 g/mol. The van der Waals surface area contributed by atoms with Gasteiger partial charge >= 0.3 is 0 Å². The number of rotatable bonds is 7. The first-order valence-corrected chi connectivity index (χ1v) is 8.31. The number of amides is 1. The van der Waals surface area contributed by atoms with Gasteiger partial charge in [0.25, 0.3) is 11.5 Å². The van der Waals surface area contributed by atoms with Crippen LogP contribution >= 0.6 is 0 Å². The van der Waals surface area contributed by atoms with Crippen LogP contribution in [0.15, 0.2) is 54.1 Å². The van der Waals surface area contributed by atoms with Crippen molar-refractivity contribution in [2.45, 2.75) is 6.54 Å². The van der Waals surface area contributed by atoms with E-state index in [1.165, 1.54) is 34.4 Å². The Morgan fingerprint density at radius 3 is 2.74 bits per heavy atom. The van der Waals surface area contributed by atoms with Gasteiger partial charge < -0.3 is 10.1 Å². The number of hydrogen-bond acceptors (Lipinski definition) is 4. The van der Waals surface area contributed by atoms with Crippen LogP contribution in [0.2, 0.25) is 0 Å². The van der Waals surface area contributed by atoms with Crippen LogP contribution in [0.5, 0.6) is 0 Å². The highest BCUT2D eigenvalue weighted by Gasteiger charge is 2.16. The number of nitrogens with one attached hydrogen (secondary N) is 1. The second-order valence-corrected chi connectivity index (χ2v) is 5.83. The summed E-state index contributed by atoms with van der Waals surface area (Å²) in [7, 11) is 1.54. The smallest absolute Gasteiger partial charge is 0.295 e. The zero-order valence-corrected chi connectivity index (χ0v) is 14.8. The van der Waals surface area contributed by atoms with Gasteiger partial charge in [0, 0.05) is 32.6 Å². The maximum absolute atomic E-state index is 13.2. The summed E-state index contributed by atoms with van der Waals surface area (Å²) in [4.78, 5) is 29.2. The van der Waals surface area contributed by atoms with Gasteiger partial charge in [-0.2, -0.15) is 0 Å². The first-order valence-electron chi connectivity index (χ1n) is 8.31. The molecule has 0 aliphatic heterocycles. The maximum Gasteiger partial charge on any atom is 0.295 e. The van der Waals surface area contributed by atoms with Gasteiger partial charge in [-0.25, -0.2) is 9.37 Å². The molecule has 0 fully saturated rings. The molecule has 3 aromatic rings. The molecule has 8 heteroatoms. The lowest BCUT2D eigenvalue weighted by molar-refractivity contribution is 0.0932. The summed E-state index contributed by atoms with van der Waals surface area (Å²) in [6.45, 7) is 4.65. The number of carbonyl (C=O) groups excluding carboxylic acids is 1. The molecule has 0 aliphatic carbocycles. The fraction of sp³-hybridized carbons (Fsp3) is 0.211. The van der Waals surface area contributed by atoms with Crippen molar-refractivity contribution in [3.8, 4) is 11.3 Å². The molecule has 2 heterocycles. The molecular weight excluding hydrogens is 351 g/mol. The normalized spacial score (nSPS) is 10.9. The number of methoxy groups -OCH3 is 1. The summed E-state index contributed by atoms with van der Waals surface area (Å²) < 4.78 is 21.1. The van der Waals surface area contributed by atoms with Crippen molar-refractivity contribution in [2.24, 2.45) is 0 Å². The number of carbonyl (C=O) groups is 1. The summed E-state index contributed by atoms with van der Waals surface area (Å²) in [5.74, 6) is -0.760. The van der Waals surface area contributed by atoms with Crippen molar-refractivity contribution >= 4 is 11.6 Å². The Morgan fingerprint density at radius 2 is 2.07 bits per heavy atom. The fourth-order valence-corrected chi connectivity index (χ4v) is 2.71. The highest BCUT2D eigenvalue weighted by molar-refractivity contribution is 5.92. The molecule has 27 heavy (non-hydrogen) atoms. The first-order chi connectivity index (χ1) is 13.0. The van der Waals surface area contributed by atoms with Crippen molar-refractivity contribution in [1.82, 2.24) is 19.3 Å². The molecule has 0 saturated carbocycles. The lowest BCUT2D eigenvalue weighted by Gasteiger charge is -2.12. The minimum Gasteiger partial charge on any atom is -0.383 e. The molecule has 1 amide bonds. The predicted octanol–water partition coefficient (Wildman–Crippen LogP) is 1.86. The molecule has 0 bridgehead atoms. The minimum atomic E-state index is -0.395. The van der Waals surface area contributed by atoms with Crippen molar-refractivity contribution in [2.75, 3.05) is 20.3 Å². The van der Waals surface area contributed by atoms with E-state index < -0.39 is 5.91 Å². The summed E-state index contributed by atoms with van der Waals surface area (Å²) in [6.07, 6.45) is 4.77. The molecule has 0 radical (unpaired) electrons. The Labute approximate surface area is 154 Å². The number of allylic oxidation sites excluding steroid dienone is 1. The number of ether oxygens (including phenoxy) is 1. The van der Waals surface area contributed by atoms with Crippen LogP contribution in [-0.2, 0) is 11.3 Å². The van der Waals surface area contributed by atoms with Gasteiger partial charge in [0.2, 0.25) is 5.65 Å². The molecule has 1 N–H and O–H groups in total.